The fraction of sp³-hybridized carbons (Fsp3) is 0.385. The zero-order chi connectivity index (χ0) is 10.8. The van der Waals surface area contributed by atoms with Crippen molar-refractivity contribution in [1.82, 2.24) is 0 Å². The summed E-state index contributed by atoms with van der Waals surface area (Å²) in [6.07, 6.45) is 1.10. The summed E-state index contributed by atoms with van der Waals surface area (Å²) in [5, 5.41) is 1.20. The number of fused-ring (bicyclic) bond motifs is 1. The molecule has 0 radical (unpaired) electrons. The van der Waals surface area contributed by atoms with Crippen LogP contribution in [0.5, 0.6) is 0 Å². The quantitative estimate of drug-likeness (QED) is 0.734. The number of halogens is 1. The summed E-state index contributed by atoms with van der Waals surface area (Å²) in [5.74, 6) is 1.55. The van der Waals surface area contributed by atoms with E-state index in [0.29, 0.717) is 10.7 Å². The highest BCUT2D eigenvalue weighted by molar-refractivity contribution is 9.09. The van der Waals surface area contributed by atoms with Gasteiger partial charge in [0.15, 0.2) is 0 Å². The van der Waals surface area contributed by atoms with Crippen LogP contribution in [0.4, 0.5) is 0 Å². The molecule has 1 aromatic heterocycles. The lowest BCUT2D eigenvalue weighted by Crippen LogP contribution is -1.98. The fourth-order valence-electron chi connectivity index (χ4n) is 1.85. The van der Waals surface area contributed by atoms with Crippen LogP contribution in [0.2, 0.25) is 0 Å². The third-order valence-corrected chi connectivity index (χ3v) is 2.98. The van der Waals surface area contributed by atoms with Crippen LogP contribution in [0.15, 0.2) is 34.7 Å². The average Bonchev–Trinajstić information content (AvgIpc) is 2.59. The minimum Gasteiger partial charge on any atom is -0.461 e. The Morgan fingerprint density at radius 3 is 2.67 bits per heavy atom. The molecule has 0 saturated carbocycles. The molecule has 2 unspecified atom stereocenters. The van der Waals surface area contributed by atoms with E-state index < -0.39 is 0 Å². The molecule has 0 fully saturated rings. The molecule has 2 heteroatoms. The maximum absolute atomic E-state index is 5.81. The second kappa shape index (κ2) is 4.40. The Hall–Kier alpha value is -0.760. The highest BCUT2D eigenvalue weighted by atomic mass is 79.9. The van der Waals surface area contributed by atoms with Crippen LogP contribution < -0.4 is 0 Å². The van der Waals surface area contributed by atoms with Gasteiger partial charge in [0.25, 0.3) is 0 Å². The van der Waals surface area contributed by atoms with E-state index in [0.717, 1.165) is 17.8 Å². The minimum absolute atomic E-state index is 0.465. The number of alkyl halides is 1. The minimum atomic E-state index is 0.465. The van der Waals surface area contributed by atoms with Crippen LogP contribution in [-0.4, -0.2) is 4.83 Å². The lowest BCUT2D eigenvalue weighted by molar-refractivity contribution is 0.490. The SMILES string of the molecule is CC(Br)CC(C)c1cc2ccccc2o1. The van der Waals surface area contributed by atoms with Crippen LogP contribution in [-0.2, 0) is 0 Å². The summed E-state index contributed by atoms with van der Waals surface area (Å²) in [6.45, 7) is 4.37. The van der Waals surface area contributed by atoms with Gasteiger partial charge in [-0.05, 0) is 18.6 Å². The number of furan rings is 1. The van der Waals surface area contributed by atoms with Crippen molar-refractivity contribution >= 4 is 26.9 Å². The first-order valence-corrected chi connectivity index (χ1v) is 6.21. The second-order valence-corrected chi connectivity index (χ2v) is 5.67. The highest BCUT2D eigenvalue weighted by Crippen LogP contribution is 2.28. The van der Waals surface area contributed by atoms with Gasteiger partial charge in [-0.15, -0.1) is 0 Å². The lowest BCUT2D eigenvalue weighted by atomic mass is 10.0. The molecule has 2 rings (SSSR count). The molecule has 0 aliphatic carbocycles. The van der Waals surface area contributed by atoms with E-state index in [2.05, 4.69) is 41.9 Å². The zero-order valence-corrected chi connectivity index (χ0v) is 10.6. The van der Waals surface area contributed by atoms with Gasteiger partial charge in [-0.3, -0.25) is 0 Å². The first-order valence-electron chi connectivity index (χ1n) is 5.29. The molecule has 80 valence electrons. The van der Waals surface area contributed by atoms with Crippen molar-refractivity contribution < 1.29 is 4.42 Å². The van der Waals surface area contributed by atoms with Crippen molar-refractivity contribution in [2.45, 2.75) is 31.0 Å². The van der Waals surface area contributed by atoms with E-state index in [1.165, 1.54) is 5.39 Å². The largest absolute Gasteiger partial charge is 0.461 e. The van der Waals surface area contributed by atoms with E-state index in [1.807, 2.05) is 18.2 Å². The van der Waals surface area contributed by atoms with Gasteiger partial charge in [-0.25, -0.2) is 0 Å². The normalized spacial score (nSPS) is 15.4. The molecule has 0 aliphatic rings. The molecule has 15 heavy (non-hydrogen) atoms. The Morgan fingerprint density at radius 2 is 2.00 bits per heavy atom. The first-order chi connectivity index (χ1) is 7.16. The smallest absolute Gasteiger partial charge is 0.134 e. The molecule has 0 saturated heterocycles. The molecule has 0 amide bonds. The van der Waals surface area contributed by atoms with E-state index >= 15 is 0 Å². The van der Waals surface area contributed by atoms with Crippen molar-refractivity contribution in [1.29, 1.82) is 0 Å². The topological polar surface area (TPSA) is 13.1 Å². The molecule has 0 N–H and O–H groups in total. The van der Waals surface area contributed by atoms with Gasteiger partial charge in [-0.2, -0.15) is 0 Å². The Labute approximate surface area is 98.6 Å². The second-order valence-electron chi connectivity index (χ2n) is 4.10. The molecular weight excluding hydrogens is 252 g/mol. The van der Waals surface area contributed by atoms with Crippen molar-refractivity contribution in [3.8, 4) is 0 Å². The lowest BCUT2D eigenvalue weighted by Gasteiger charge is -2.09. The van der Waals surface area contributed by atoms with Crippen molar-refractivity contribution in [2.75, 3.05) is 0 Å². The van der Waals surface area contributed by atoms with Gasteiger partial charge in [-0.1, -0.05) is 48.0 Å². The molecule has 1 aromatic carbocycles. The van der Waals surface area contributed by atoms with Crippen molar-refractivity contribution in [2.24, 2.45) is 0 Å². The predicted molar refractivity (Wildman–Crippen MR) is 67.6 cm³/mol. The summed E-state index contributed by atoms with van der Waals surface area (Å²) in [4.78, 5) is 0.528. The third-order valence-electron chi connectivity index (χ3n) is 2.61. The summed E-state index contributed by atoms with van der Waals surface area (Å²) in [7, 11) is 0. The molecule has 0 spiro atoms. The highest BCUT2D eigenvalue weighted by Gasteiger charge is 2.13. The van der Waals surface area contributed by atoms with Crippen LogP contribution in [0.25, 0.3) is 11.0 Å². The average molecular weight is 267 g/mol. The van der Waals surface area contributed by atoms with Gasteiger partial charge < -0.3 is 4.42 Å². The first kappa shape index (κ1) is 10.7. The fourth-order valence-corrected chi connectivity index (χ4v) is 2.41. The van der Waals surface area contributed by atoms with Gasteiger partial charge in [0.2, 0.25) is 0 Å². The molecule has 0 aliphatic heterocycles. The van der Waals surface area contributed by atoms with Gasteiger partial charge in [0.1, 0.15) is 11.3 Å². The van der Waals surface area contributed by atoms with Crippen LogP contribution >= 0.6 is 15.9 Å². The molecule has 1 heterocycles. The van der Waals surface area contributed by atoms with Gasteiger partial charge in [0.05, 0.1) is 0 Å². The Bertz CT molecular complexity index is 411. The summed E-state index contributed by atoms with van der Waals surface area (Å²) in [5.41, 5.74) is 0.988. The predicted octanol–water partition coefficient (Wildman–Crippen LogP) is 4.71. The maximum atomic E-state index is 5.81. The maximum Gasteiger partial charge on any atom is 0.134 e. The standard InChI is InChI=1S/C13H15BrO/c1-9(7-10(2)14)13-8-11-5-3-4-6-12(11)15-13/h3-6,8-10H,7H2,1-2H3. The summed E-state index contributed by atoms with van der Waals surface area (Å²) < 4.78 is 5.81. The molecular formula is C13H15BrO. The number of hydrogen-bond donors (Lipinski definition) is 0. The number of hydrogen-bond acceptors (Lipinski definition) is 1. The molecule has 2 aromatic rings. The number of para-hydroxylation sites is 1. The van der Waals surface area contributed by atoms with E-state index in [9.17, 15) is 0 Å². The Balaban J connectivity index is 2.28. The molecule has 2 atom stereocenters. The van der Waals surface area contributed by atoms with E-state index in [4.69, 9.17) is 4.42 Å². The zero-order valence-electron chi connectivity index (χ0n) is 9.03. The van der Waals surface area contributed by atoms with Crippen LogP contribution in [0, 0.1) is 0 Å². The van der Waals surface area contributed by atoms with Crippen LogP contribution in [0.3, 0.4) is 0 Å². The van der Waals surface area contributed by atoms with Gasteiger partial charge in [0, 0.05) is 16.1 Å². The Kier molecular flexibility index (Phi) is 3.15. The van der Waals surface area contributed by atoms with Crippen molar-refractivity contribution in [3.63, 3.8) is 0 Å². The van der Waals surface area contributed by atoms with Crippen LogP contribution in [0.1, 0.15) is 31.9 Å². The molecule has 1 nitrogen and oxygen atoms in total. The van der Waals surface area contributed by atoms with Crippen molar-refractivity contribution in [3.05, 3.63) is 36.1 Å². The van der Waals surface area contributed by atoms with E-state index in [1.54, 1.807) is 0 Å². The van der Waals surface area contributed by atoms with E-state index in [-0.39, 0.29) is 0 Å². The number of rotatable bonds is 3. The monoisotopic (exact) mass is 266 g/mol. The Morgan fingerprint density at radius 1 is 1.27 bits per heavy atom. The van der Waals surface area contributed by atoms with Gasteiger partial charge >= 0.3 is 0 Å². The third kappa shape index (κ3) is 2.43. The molecule has 0 bridgehead atoms. The summed E-state index contributed by atoms with van der Waals surface area (Å²) >= 11 is 3.57. The number of benzene rings is 1. The summed E-state index contributed by atoms with van der Waals surface area (Å²) in [6, 6.07) is 10.3.